The van der Waals surface area contributed by atoms with Crippen LogP contribution in [0, 0.1) is 11.3 Å². The first-order valence-electron chi connectivity index (χ1n) is 6.33. The van der Waals surface area contributed by atoms with Gasteiger partial charge in [-0.15, -0.1) is 0 Å². The summed E-state index contributed by atoms with van der Waals surface area (Å²) in [5.41, 5.74) is 1.22. The van der Waals surface area contributed by atoms with Gasteiger partial charge in [0.05, 0.1) is 13.2 Å². The molecule has 0 atom stereocenters. The second-order valence-electron chi connectivity index (χ2n) is 5.02. The molecule has 0 fully saturated rings. The van der Waals surface area contributed by atoms with Crippen LogP contribution in [0.3, 0.4) is 0 Å². The highest BCUT2D eigenvalue weighted by molar-refractivity contribution is 5.39. The van der Waals surface area contributed by atoms with E-state index in [4.69, 9.17) is 10.00 Å². The van der Waals surface area contributed by atoms with Crippen LogP contribution in [0.5, 0.6) is 5.75 Å². The summed E-state index contributed by atoms with van der Waals surface area (Å²) >= 11 is 0. The Bertz CT molecular complexity index is 407. The van der Waals surface area contributed by atoms with Gasteiger partial charge in [-0.05, 0) is 19.0 Å². The zero-order chi connectivity index (χ0) is 13.4. The van der Waals surface area contributed by atoms with E-state index in [0.717, 1.165) is 25.3 Å². The second-order valence-corrected chi connectivity index (χ2v) is 5.02. The van der Waals surface area contributed by atoms with Crippen molar-refractivity contribution in [1.29, 1.82) is 5.26 Å². The van der Waals surface area contributed by atoms with Crippen molar-refractivity contribution < 1.29 is 4.74 Å². The minimum atomic E-state index is 0.0131. The second kappa shape index (κ2) is 7.03. The number of benzene rings is 1. The van der Waals surface area contributed by atoms with E-state index < -0.39 is 0 Å². The number of methoxy groups -OCH3 is 1. The molecule has 0 aliphatic heterocycles. The van der Waals surface area contributed by atoms with Crippen molar-refractivity contribution in [3.63, 3.8) is 0 Å². The molecular formula is C15H22N2O. The van der Waals surface area contributed by atoms with Gasteiger partial charge in [-0.3, -0.25) is 0 Å². The van der Waals surface area contributed by atoms with Gasteiger partial charge in [0.1, 0.15) is 5.75 Å². The van der Waals surface area contributed by atoms with E-state index in [1.165, 1.54) is 5.56 Å². The van der Waals surface area contributed by atoms with Gasteiger partial charge in [0.2, 0.25) is 0 Å². The first-order valence-corrected chi connectivity index (χ1v) is 6.33. The van der Waals surface area contributed by atoms with Crippen LogP contribution in [0.15, 0.2) is 24.3 Å². The summed E-state index contributed by atoms with van der Waals surface area (Å²) in [6.07, 6.45) is 1.51. The average Bonchev–Trinajstić information content (AvgIpc) is 2.38. The van der Waals surface area contributed by atoms with E-state index in [-0.39, 0.29) is 5.41 Å². The number of para-hydroxylation sites is 1. The van der Waals surface area contributed by atoms with E-state index >= 15 is 0 Å². The summed E-state index contributed by atoms with van der Waals surface area (Å²) in [4.78, 5) is 0. The molecule has 0 radical (unpaired) electrons. The molecule has 0 unspecified atom stereocenters. The molecule has 0 aromatic heterocycles. The Hall–Kier alpha value is -1.53. The van der Waals surface area contributed by atoms with Gasteiger partial charge in [-0.1, -0.05) is 32.0 Å². The van der Waals surface area contributed by atoms with E-state index in [1.54, 1.807) is 7.11 Å². The topological polar surface area (TPSA) is 45.0 Å². The quantitative estimate of drug-likeness (QED) is 0.752. The van der Waals surface area contributed by atoms with E-state index in [1.807, 2.05) is 18.2 Å². The summed E-state index contributed by atoms with van der Waals surface area (Å²) in [5.74, 6) is 0.932. The Balaban J connectivity index is 2.59. The monoisotopic (exact) mass is 246 g/mol. The van der Waals surface area contributed by atoms with E-state index in [9.17, 15) is 0 Å². The molecule has 3 heteroatoms. The number of nitrogens with zero attached hydrogens (tertiary/aromatic N) is 1. The Kier molecular flexibility index (Phi) is 5.67. The molecule has 0 amide bonds. The molecule has 0 saturated heterocycles. The Morgan fingerprint density at radius 2 is 2.06 bits per heavy atom. The first-order chi connectivity index (χ1) is 8.61. The molecule has 1 N–H and O–H groups in total. The number of rotatable bonds is 7. The van der Waals surface area contributed by atoms with Crippen LogP contribution in [0.1, 0.15) is 32.3 Å². The van der Waals surface area contributed by atoms with Gasteiger partial charge in [0.15, 0.2) is 0 Å². The third-order valence-corrected chi connectivity index (χ3v) is 3.05. The number of hydrogen-bond donors (Lipinski definition) is 1. The van der Waals surface area contributed by atoms with E-state index in [2.05, 4.69) is 31.3 Å². The molecule has 1 aromatic rings. The normalized spacial score (nSPS) is 11.0. The summed E-state index contributed by atoms with van der Waals surface area (Å²) in [7, 11) is 1.70. The standard InChI is InChI=1S/C15H22N2O/c1-15(2,12-17-11-7-6-10-16)13-8-4-5-9-14(13)18-3/h4-5,8-9,17H,6-7,11-12H2,1-3H3. The van der Waals surface area contributed by atoms with Crippen molar-refractivity contribution >= 4 is 0 Å². The third kappa shape index (κ3) is 4.05. The molecule has 1 aromatic carbocycles. The van der Waals surface area contributed by atoms with Crippen molar-refractivity contribution in [3.8, 4) is 11.8 Å². The maximum Gasteiger partial charge on any atom is 0.122 e. The number of nitrogens with one attached hydrogen (secondary N) is 1. The maximum atomic E-state index is 8.48. The van der Waals surface area contributed by atoms with Crippen molar-refractivity contribution in [3.05, 3.63) is 29.8 Å². The average molecular weight is 246 g/mol. The predicted molar refractivity (Wildman–Crippen MR) is 73.7 cm³/mol. The summed E-state index contributed by atoms with van der Waals surface area (Å²) in [6, 6.07) is 10.3. The Labute approximate surface area is 110 Å². The lowest BCUT2D eigenvalue weighted by atomic mass is 9.84. The Morgan fingerprint density at radius 1 is 1.33 bits per heavy atom. The van der Waals surface area contributed by atoms with Gasteiger partial charge in [-0.25, -0.2) is 0 Å². The van der Waals surface area contributed by atoms with Gasteiger partial charge in [-0.2, -0.15) is 5.26 Å². The number of nitriles is 1. The minimum absolute atomic E-state index is 0.0131. The van der Waals surface area contributed by atoms with Crippen molar-refractivity contribution in [2.45, 2.75) is 32.1 Å². The van der Waals surface area contributed by atoms with E-state index in [0.29, 0.717) is 6.42 Å². The van der Waals surface area contributed by atoms with Crippen LogP contribution in [0.4, 0.5) is 0 Å². The van der Waals surface area contributed by atoms with Crippen molar-refractivity contribution in [2.75, 3.05) is 20.2 Å². The van der Waals surface area contributed by atoms with Crippen LogP contribution in [0.25, 0.3) is 0 Å². The smallest absolute Gasteiger partial charge is 0.122 e. The van der Waals surface area contributed by atoms with Crippen LogP contribution >= 0.6 is 0 Å². The largest absolute Gasteiger partial charge is 0.496 e. The fourth-order valence-corrected chi connectivity index (χ4v) is 1.99. The zero-order valence-corrected chi connectivity index (χ0v) is 11.5. The molecule has 0 bridgehead atoms. The molecule has 3 nitrogen and oxygen atoms in total. The highest BCUT2D eigenvalue weighted by atomic mass is 16.5. The highest BCUT2D eigenvalue weighted by Crippen LogP contribution is 2.30. The number of hydrogen-bond acceptors (Lipinski definition) is 3. The van der Waals surface area contributed by atoms with Crippen LogP contribution in [-0.2, 0) is 5.41 Å². The third-order valence-electron chi connectivity index (χ3n) is 3.05. The molecule has 0 aliphatic carbocycles. The summed E-state index contributed by atoms with van der Waals surface area (Å²) in [6.45, 7) is 6.15. The number of unbranched alkanes of at least 4 members (excludes halogenated alkanes) is 1. The SMILES string of the molecule is COc1ccccc1C(C)(C)CNCCCC#N. The van der Waals surface area contributed by atoms with Gasteiger partial charge in [0, 0.05) is 23.9 Å². The lowest BCUT2D eigenvalue weighted by Gasteiger charge is -2.27. The molecule has 0 aliphatic rings. The molecule has 18 heavy (non-hydrogen) atoms. The van der Waals surface area contributed by atoms with Crippen LogP contribution in [0.2, 0.25) is 0 Å². The summed E-state index contributed by atoms with van der Waals surface area (Å²) < 4.78 is 5.41. The highest BCUT2D eigenvalue weighted by Gasteiger charge is 2.23. The van der Waals surface area contributed by atoms with Gasteiger partial charge < -0.3 is 10.1 Å². The minimum Gasteiger partial charge on any atom is -0.496 e. The van der Waals surface area contributed by atoms with Gasteiger partial charge in [0.25, 0.3) is 0 Å². The van der Waals surface area contributed by atoms with Crippen molar-refractivity contribution in [2.24, 2.45) is 0 Å². The number of ether oxygens (including phenoxy) is 1. The lowest BCUT2D eigenvalue weighted by molar-refractivity contribution is 0.385. The Morgan fingerprint density at radius 3 is 2.72 bits per heavy atom. The zero-order valence-electron chi connectivity index (χ0n) is 11.5. The predicted octanol–water partition coefficient (Wildman–Crippen LogP) is 2.87. The van der Waals surface area contributed by atoms with Gasteiger partial charge >= 0.3 is 0 Å². The first kappa shape index (κ1) is 14.5. The molecule has 0 heterocycles. The van der Waals surface area contributed by atoms with Crippen LogP contribution in [-0.4, -0.2) is 20.2 Å². The van der Waals surface area contributed by atoms with Crippen molar-refractivity contribution in [1.82, 2.24) is 5.32 Å². The fraction of sp³-hybridized carbons (Fsp3) is 0.533. The molecule has 0 saturated carbocycles. The molecule has 0 spiro atoms. The molecule has 98 valence electrons. The maximum absolute atomic E-state index is 8.48. The summed E-state index contributed by atoms with van der Waals surface area (Å²) in [5, 5.41) is 11.9. The molecular weight excluding hydrogens is 224 g/mol. The van der Waals surface area contributed by atoms with Crippen LogP contribution < -0.4 is 10.1 Å². The lowest BCUT2D eigenvalue weighted by Crippen LogP contribution is -2.33. The molecule has 1 rings (SSSR count). The fourth-order valence-electron chi connectivity index (χ4n) is 1.99.